The second-order valence-corrected chi connectivity index (χ2v) is 6.62. The number of rotatable bonds is 4. The Hall–Kier alpha value is -1.17. The zero-order valence-electron chi connectivity index (χ0n) is 13.2. The zero-order chi connectivity index (χ0) is 16.4. The molecule has 1 amide bonds. The van der Waals surface area contributed by atoms with Crippen molar-refractivity contribution < 1.29 is 13.9 Å². The lowest BCUT2D eigenvalue weighted by molar-refractivity contribution is -0.125. The minimum absolute atomic E-state index is 0.0105. The van der Waals surface area contributed by atoms with Crippen LogP contribution >= 0.6 is 11.6 Å². The van der Waals surface area contributed by atoms with Gasteiger partial charge in [0.05, 0.1) is 23.6 Å². The van der Waals surface area contributed by atoms with Crippen LogP contribution in [0.1, 0.15) is 31.4 Å². The van der Waals surface area contributed by atoms with Gasteiger partial charge in [-0.25, -0.2) is 4.39 Å². The minimum Gasteiger partial charge on any atom is -0.381 e. The normalized spacial score (nSPS) is 28.2. The van der Waals surface area contributed by atoms with Gasteiger partial charge in [-0.15, -0.1) is 0 Å². The van der Waals surface area contributed by atoms with Gasteiger partial charge >= 0.3 is 0 Å². The molecule has 1 aromatic rings. The molecule has 0 saturated carbocycles. The van der Waals surface area contributed by atoms with Crippen molar-refractivity contribution in [3.8, 4) is 0 Å². The molecule has 0 bridgehead atoms. The number of benzene rings is 1. The highest BCUT2D eigenvalue weighted by Gasteiger charge is 2.37. The summed E-state index contributed by atoms with van der Waals surface area (Å²) in [5.41, 5.74) is 0.860. The molecule has 0 aliphatic carbocycles. The van der Waals surface area contributed by atoms with Crippen LogP contribution in [0.3, 0.4) is 0 Å². The van der Waals surface area contributed by atoms with Crippen LogP contribution in [0.2, 0.25) is 5.02 Å². The molecule has 4 nitrogen and oxygen atoms in total. The van der Waals surface area contributed by atoms with Gasteiger partial charge in [0.2, 0.25) is 5.91 Å². The molecule has 3 rings (SSSR count). The van der Waals surface area contributed by atoms with Crippen molar-refractivity contribution in [2.24, 2.45) is 5.92 Å². The first-order chi connectivity index (χ1) is 11.1. The van der Waals surface area contributed by atoms with E-state index in [1.165, 1.54) is 6.07 Å². The molecule has 1 aromatic carbocycles. The summed E-state index contributed by atoms with van der Waals surface area (Å²) in [5, 5.41) is 3.28. The highest BCUT2D eigenvalue weighted by atomic mass is 35.5. The fourth-order valence-corrected chi connectivity index (χ4v) is 3.66. The summed E-state index contributed by atoms with van der Waals surface area (Å²) in [4.78, 5) is 14.7. The van der Waals surface area contributed by atoms with Crippen molar-refractivity contribution in [3.63, 3.8) is 0 Å². The molecule has 2 aliphatic heterocycles. The fraction of sp³-hybridized carbons (Fsp3) is 0.588. The summed E-state index contributed by atoms with van der Waals surface area (Å²) in [6.07, 6.45) is 1.64. The number of carbonyl (C=O) groups excluding carboxylic acids is 1. The summed E-state index contributed by atoms with van der Waals surface area (Å²) < 4.78 is 19.1. The SMILES string of the molecule is CCN1CC[C@H](NC(=O)[C@@H]2CCOC2)[C@@H]1c1ccc(Cl)c(F)c1. The molecule has 0 spiro atoms. The summed E-state index contributed by atoms with van der Waals surface area (Å²) >= 11 is 5.79. The molecule has 2 aliphatic rings. The first-order valence-electron chi connectivity index (χ1n) is 8.17. The Morgan fingerprint density at radius 1 is 1.48 bits per heavy atom. The lowest BCUT2D eigenvalue weighted by atomic mass is 9.98. The number of carbonyl (C=O) groups is 1. The summed E-state index contributed by atoms with van der Waals surface area (Å²) in [6.45, 7) is 4.96. The Balaban J connectivity index is 1.78. The highest BCUT2D eigenvalue weighted by Crippen LogP contribution is 2.34. The van der Waals surface area contributed by atoms with Gasteiger partial charge in [0.1, 0.15) is 5.82 Å². The van der Waals surface area contributed by atoms with E-state index < -0.39 is 5.82 Å². The van der Waals surface area contributed by atoms with E-state index in [0.717, 1.165) is 31.5 Å². The van der Waals surface area contributed by atoms with Crippen molar-refractivity contribution in [2.45, 2.75) is 31.8 Å². The third kappa shape index (κ3) is 3.52. The van der Waals surface area contributed by atoms with Gasteiger partial charge in [0.15, 0.2) is 0 Å². The third-order valence-electron chi connectivity index (χ3n) is 4.82. The fourth-order valence-electron chi connectivity index (χ4n) is 3.54. The highest BCUT2D eigenvalue weighted by molar-refractivity contribution is 6.30. The van der Waals surface area contributed by atoms with Crippen LogP contribution in [0.15, 0.2) is 18.2 Å². The number of nitrogens with one attached hydrogen (secondary N) is 1. The second kappa shape index (κ2) is 7.16. The number of hydrogen-bond donors (Lipinski definition) is 1. The third-order valence-corrected chi connectivity index (χ3v) is 5.13. The molecule has 2 fully saturated rings. The van der Waals surface area contributed by atoms with Gasteiger partial charge in [-0.2, -0.15) is 0 Å². The number of halogens is 2. The van der Waals surface area contributed by atoms with Gasteiger partial charge in [0, 0.05) is 19.2 Å². The number of nitrogens with zero attached hydrogens (tertiary/aromatic N) is 1. The molecule has 23 heavy (non-hydrogen) atoms. The Kier molecular flexibility index (Phi) is 5.19. The van der Waals surface area contributed by atoms with Gasteiger partial charge in [-0.05, 0) is 37.1 Å². The molecule has 1 N–H and O–H groups in total. The van der Waals surface area contributed by atoms with Crippen LogP contribution in [-0.2, 0) is 9.53 Å². The maximum absolute atomic E-state index is 13.8. The predicted molar refractivity (Wildman–Crippen MR) is 86.9 cm³/mol. The lowest BCUT2D eigenvalue weighted by Crippen LogP contribution is -2.42. The van der Waals surface area contributed by atoms with Crippen molar-refractivity contribution in [1.29, 1.82) is 0 Å². The molecule has 2 saturated heterocycles. The summed E-state index contributed by atoms with van der Waals surface area (Å²) in [6, 6.07) is 4.89. The maximum atomic E-state index is 13.8. The van der Waals surface area contributed by atoms with Crippen LogP contribution in [0.5, 0.6) is 0 Å². The van der Waals surface area contributed by atoms with E-state index in [4.69, 9.17) is 16.3 Å². The molecule has 6 heteroatoms. The van der Waals surface area contributed by atoms with Crippen molar-refractivity contribution >= 4 is 17.5 Å². The first-order valence-corrected chi connectivity index (χ1v) is 8.55. The van der Waals surface area contributed by atoms with Crippen LogP contribution in [0, 0.1) is 11.7 Å². The molecular weight excluding hydrogens is 319 g/mol. The monoisotopic (exact) mass is 340 g/mol. The molecule has 126 valence electrons. The van der Waals surface area contributed by atoms with Crippen LogP contribution in [0.25, 0.3) is 0 Å². The summed E-state index contributed by atoms with van der Waals surface area (Å²) in [5.74, 6) is -0.431. The van der Waals surface area contributed by atoms with Gasteiger partial charge < -0.3 is 10.1 Å². The molecule has 0 unspecified atom stereocenters. The Bertz CT molecular complexity index is 578. The average Bonchev–Trinajstić information content (AvgIpc) is 3.19. The molecule has 0 radical (unpaired) electrons. The minimum atomic E-state index is -0.415. The number of likely N-dealkylation sites (tertiary alicyclic amines) is 1. The number of likely N-dealkylation sites (N-methyl/N-ethyl adjacent to an activating group) is 1. The lowest BCUT2D eigenvalue weighted by Gasteiger charge is -2.29. The van der Waals surface area contributed by atoms with Gasteiger partial charge in [-0.3, -0.25) is 9.69 Å². The first kappa shape index (κ1) is 16.7. The Labute approximate surface area is 140 Å². The number of hydrogen-bond acceptors (Lipinski definition) is 3. The van der Waals surface area contributed by atoms with E-state index in [0.29, 0.717) is 13.2 Å². The van der Waals surface area contributed by atoms with Crippen molar-refractivity contribution in [1.82, 2.24) is 10.2 Å². The van der Waals surface area contributed by atoms with Gasteiger partial charge in [-0.1, -0.05) is 24.6 Å². The van der Waals surface area contributed by atoms with E-state index in [1.807, 2.05) is 6.07 Å². The van der Waals surface area contributed by atoms with Crippen molar-refractivity contribution in [3.05, 3.63) is 34.6 Å². The van der Waals surface area contributed by atoms with Crippen LogP contribution in [0.4, 0.5) is 4.39 Å². The Morgan fingerprint density at radius 2 is 2.30 bits per heavy atom. The number of ether oxygens (including phenoxy) is 1. The van der Waals surface area contributed by atoms with Crippen molar-refractivity contribution in [2.75, 3.05) is 26.3 Å². The average molecular weight is 341 g/mol. The quantitative estimate of drug-likeness (QED) is 0.916. The molecule has 2 heterocycles. The molecule has 0 aromatic heterocycles. The number of amides is 1. The predicted octanol–water partition coefficient (Wildman–Crippen LogP) is 2.77. The van der Waals surface area contributed by atoms with E-state index in [-0.39, 0.29) is 28.9 Å². The standard InChI is InChI=1S/C17H22ClFN2O2/c1-2-21-7-5-15(20-17(22)12-6-8-23-10-12)16(21)11-3-4-13(18)14(19)9-11/h3-4,9,12,15-16H,2,5-8,10H2,1H3,(H,20,22)/t12-,15+,16+/m1/s1. The maximum Gasteiger partial charge on any atom is 0.225 e. The zero-order valence-corrected chi connectivity index (χ0v) is 14.0. The van der Waals surface area contributed by atoms with E-state index in [2.05, 4.69) is 17.1 Å². The summed E-state index contributed by atoms with van der Waals surface area (Å²) in [7, 11) is 0. The smallest absolute Gasteiger partial charge is 0.225 e. The van der Waals surface area contributed by atoms with Crippen LogP contribution in [-0.4, -0.2) is 43.2 Å². The van der Waals surface area contributed by atoms with Crippen LogP contribution < -0.4 is 5.32 Å². The molecule has 3 atom stereocenters. The molecular formula is C17H22ClFN2O2. The van der Waals surface area contributed by atoms with E-state index in [1.54, 1.807) is 6.07 Å². The largest absolute Gasteiger partial charge is 0.381 e. The van der Waals surface area contributed by atoms with E-state index in [9.17, 15) is 9.18 Å². The topological polar surface area (TPSA) is 41.6 Å². The van der Waals surface area contributed by atoms with E-state index >= 15 is 0 Å². The second-order valence-electron chi connectivity index (χ2n) is 6.21. The van der Waals surface area contributed by atoms with Gasteiger partial charge in [0.25, 0.3) is 0 Å². The Morgan fingerprint density at radius 3 is 2.96 bits per heavy atom.